The van der Waals surface area contributed by atoms with Gasteiger partial charge < -0.3 is 5.11 Å². The first-order chi connectivity index (χ1) is 14.0. The fraction of sp³-hybridized carbons (Fsp3) is 0.200. The summed E-state index contributed by atoms with van der Waals surface area (Å²) in [6.07, 6.45) is 0. The van der Waals surface area contributed by atoms with Crippen molar-refractivity contribution in [1.29, 1.82) is 0 Å². The number of carbonyl (C=O) groups is 1. The number of hydrogen-bond donors (Lipinski definition) is 1. The highest BCUT2D eigenvalue weighted by molar-refractivity contribution is 8.03. The van der Waals surface area contributed by atoms with E-state index in [1.807, 2.05) is 0 Å². The minimum absolute atomic E-state index is 0.0880. The number of hydrogen-bond acceptors (Lipinski definition) is 7. The average molecular weight is 445 g/mol. The van der Waals surface area contributed by atoms with Gasteiger partial charge in [-0.25, -0.2) is 5.43 Å². The van der Waals surface area contributed by atoms with E-state index in [9.17, 15) is 9.90 Å². The number of H-pyrrole nitrogens is 1. The number of rotatable bonds is 8. The third-order valence-corrected chi connectivity index (χ3v) is 7.16. The molecule has 0 saturated carbocycles. The second-order valence-corrected chi connectivity index (χ2v) is 9.67. The summed E-state index contributed by atoms with van der Waals surface area (Å²) in [5.74, 6) is 0.760. The van der Waals surface area contributed by atoms with Crippen LogP contribution in [0.25, 0.3) is 0 Å². The molecule has 6 nitrogen and oxygen atoms in total. The van der Waals surface area contributed by atoms with Crippen LogP contribution in [0, 0.1) is 6.92 Å². The maximum atomic E-state index is 12.0. The Morgan fingerprint density at radius 1 is 1.24 bits per heavy atom. The Morgan fingerprint density at radius 2 is 2.03 bits per heavy atom. The smallest absolute Gasteiger partial charge is 0.323 e. The number of amides is 1. The van der Waals surface area contributed by atoms with Crippen molar-refractivity contribution in [2.24, 2.45) is 5.10 Å². The lowest BCUT2D eigenvalue weighted by atomic mass is 10.1. The number of aryl methyl sites for hydroxylation is 1. The van der Waals surface area contributed by atoms with Gasteiger partial charge in [-0.05, 0) is 48.1 Å². The molecule has 0 atom stereocenters. The van der Waals surface area contributed by atoms with Crippen LogP contribution in [0.2, 0.25) is 0 Å². The van der Waals surface area contributed by atoms with Crippen molar-refractivity contribution in [2.75, 3.05) is 5.75 Å². The van der Waals surface area contributed by atoms with Gasteiger partial charge in [0.2, 0.25) is 4.34 Å². The van der Waals surface area contributed by atoms with E-state index in [2.05, 4.69) is 51.9 Å². The van der Waals surface area contributed by atoms with E-state index in [0.29, 0.717) is 11.3 Å². The van der Waals surface area contributed by atoms with Crippen molar-refractivity contribution in [3.63, 3.8) is 0 Å². The largest absolute Gasteiger partial charge is 0.872 e. The molecule has 0 radical (unpaired) electrons. The van der Waals surface area contributed by atoms with Crippen LogP contribution in [-0.2, 0) is 10.5 Å². The predicted octanol–water partition coefficient (Wildman–Crippen LogP) is 3.26. The van der Waals surface area contributed by atoms with Crippen molar-refractivity contribution in [3.05, 3.63) is 65.2 Å². The fourth-order valence-corrected chi connectivity index (χ4v) is 5.11. The number of aromatic nitrogens is 2. The number of hydrazone groups is 1. The summed E-state index contributed by atoms with van der Waals surface area (Å²) in [4.78, 5) is 12.0. The van der Waals surface area contributed by atoms with Crippen molar-refractivity contribution in [2.45, 2.75) is 28.3 Å². The minimum atomic E-state index is -0.225. The molecule has 1 aromatic heterocycles. The number of thioether (sulfide) groups is 2. The van der Waals surface area contributed by atoms with Crippen LogP contribution >= 0.6 is 34.9 Å². The van der Waals surface area contributed by atoms with Gasteiger partial charge in [-0.15, -0.1) is 5.75 Å². The van der Waals surface area contributed by atoms with Gasteiger partial charge in [0.15, 0.2) is 0 Å². The van der Waals surface area contributed by atoms with Gasteiger partial charge in [0.1, 0.15) is 0 Å². The van der Waals surface area contributed by atoms with Crippen molar-refractivity contribution >= 4 is 46.5 Å². The summed E-state index contributed by atoms with van der Waals surface area (Å²) in [5.41, 5.74) is 6.29. The molecular weight excluding hydrogens is 424 g/mol. The van der Waals surface area contributed by atoms with Crippen LogP contribution in [0.3, 0.4) is 0 Å². The van der Waals surface area contributed by atoms with E-state index < -0.39 is 0 Å². The molecule has 2 N–H and O–H groups in total. The normalized spacial score (nSPS) is 11.4. The van der Waals surface area contributed by atoms with E-state index in [4.69, 9.17) is 0 Å². The number of benzene rings is 2. The van der Waals surface area contributed by atoms with Crippen LogP contribution in [0.15, 0.2) is 62.3 Å². The first kappa shape index (κ1) is 21.4. The summed E-state index contributed by atoms with van der Waals surface area (Å²) in [5, 5.41) is 22.7. The second-order valence-electron chi connectivity index (χ2n) is 6.20. The lowest BCUT2D eigenvalue weighted by molar-refractivity contribution is -0.492. The molecule has 0 bridgehead atoms. The molecule has 0 aliphatic heterocycles. The first-order valence-electron chi connectivity index (χ1n) is 8.80. The van der Waals surface area contributed by atoms with Crippen LogP contribution in [-0.4, -0.2) is 22.5 Å². The van der Waals surface area contributed by atoms with Gasteiger partial charge in [0, 0.05) is 10.9 Å². The Labute approximate surface area is 181 Å². The van der Waals surface area contributed by atoms with Crippen molar-refractivity contribution in [3.8, 4) is 5.75 Å². The average Bonchev–Trinajstić information content (AvgIpc) is 3.18. The molecule has 9 heteroatoms. The Kier molecular flexibility index (Phi) is 7.68. The molecule has 3 aromatic rings. The van der Waals surface area contributed by atoms with Gasteiger partial charge in [0.05, 0.1) is 11.5 Å². The summed E-state index contributed by atoms with van der Waals surface area (Å²) in [6, 6.07) is 14.9. The fourth-order valence-electron chi connectivity index (χ4n) is 2.26. The third kappa shape index (κ3) is 6.88. The number of nitrogens with one attached hydrogen (secondary N) is 2. The summed E-state index contributed by atoms with van der Waals surface area (Å²) < 4.78 is 1.80. The molecule has 0 fully saturated rings. The highest BCUT2D eigenvalue weighted by Gasteiger charge is 2.14. The second kappa shape index (κ2) is 10.4. The lowest BCUT2D eigenvalue weighted by Gasteiger charge is -2.07. The van der Waals surface area contributed by atoms with Crippen molar-refractivity contribution < 1.29 is 15.0 Å². The Morgan fingerprint density at radius 3 is 2.79 bits per heavy atom. The highest BCUT2D eigenvalue weighted by Crippen LogP contribution is 2.28. The standard InChI is InChI=1S/C20H20N4O2S3/c1-13-6-8-15(9-7-13)11-27-19-23-24-20(29-19)28-12-18(26)22-21-14(2)16-4-3-5-17(25)10-16/h3-10,25H,11-12H2,1-2H3,(H,22,26). The molecule has 0 aliphatic carbocycles. The van der Waals surface area contributed by atoms with Crippen LogP contribution < -0.4 is 15.6 Å². The zero-order chi connectivity index (χ0) is 20.6. The molecule has 29 heavy (non-hydrogen) atoms. The zero-order valence-corrected chi connectivity index (χ0v) is 18.4. The zero-order valence-electron chi connectivity index (χ0n) is 16.0. The first-order valence-corrected chi connectivity index (χ1v) is 11.6. The van der Waals surface area contributed by atoms with Crippen molar-refractivity contribution in [1.82, 2.24) is 10.5 Å². The molecule has 1 heterocycles. The topological polar surface area (TPSA) is 91.6 Å². The molecule has 0 unspecified atom stereocenters. The summed E-state index contributed by atoms with van der Waals surface area (Å²) >= 11 is 4.57. The number of aromatic amines is 1. The molecule has 0 aliphatic rings. The molecule has 0 saturated heterocycles. The van der Waals surface area contributed by atoms with E-state index >= 15 is 0 Å². The van der Waals surface area contributed by atoms with E-state index in [1.165, 1.54) is 46.4 Å². The van der Waals surface area contributed by atoms with Gasteiger partial charge in [-0.1, -0.05) is 71.0 Å². The Bertz CT molecular complexity index is 1000. The lowest BCUT2D eigenvalue weighted by Crippen LogP contribution is -2.21. The molecule has 1 amide bonds. The molecular formula is C20H20N4O2S3. The van der Waals surface area contributed by atoms with Crippen LogP contribution in [0.1, 0.15) is 23.6 Å². The monoisotopic (exact) mass is 444 g/mol. The SMILES string of the molecule is CC(=NNC(=O)CSc1n[nH+]c(SCc2ccc(C)cc2)s1)c1cccc([O-])c1. The van der Waals surface area contributed by atoms with E-state index in [0.717, 1.165) is 14.4 Å². The van der Waals surface area contributed by atoms with Gasteiger partial charge in [0.25, 0.3) is 5.91 Å². The minimum Gasteiger partial charge on any atom is -0.872 e. The predicted molar refractivity (Wildman–Crippen MR) is 116 cm³/mol. The maximum absolute atomic E-state index is 12.0. The highest BCUT2D eigenvalue weighted by atomic mass is 32.2. The molecule has 150 valence electrons. The summed E-state index contributed by atoms with van der Waals surface area (Å²) in [7, 11) is 0. The van der Waals surface area contributed by atoms with Crippen LogP contribution in [0.4, 0.5) is 0 Å². The van der Waals surface area contributed by atoms with E-state index in [1.54, 1.807) is 30.8 Å². The van der Waals surface area contributed by atoms with E-state index in [-0.39, 0.29) is 17.4 Å². The number of carbonyl (C=O) groups excluding carboxylic acids is 1. The summed E-state index contributed by atoms with van der Waals surface area (Å²) in [6.45, 7) is 3.82. The third-order valence-electron chi connectivity index (χ3n) is 3.84. The molecule has 0 spiro atoms. The van der Waals surface area contributed by atoms with Gasteiger partial charge in [-0.3, -0.25) is 4.79 Å². The van der Waals surface area contributed by atoms with Gasteiger partial charge in [-0.2, -0.15) is 5.10 Å². The molecule has 3 rings (SSSR count). The quantitative estimate of drug-likeness (QED) is 0.327. The maximum Gasteiger partial charge on any atom is 0.323 e. The number of nitrogens with zero attached hydrogens (tertiary/aromatic N) is 2. The van der Waals surface area contributed by atoms with Crippen LogP contribution in [0.5, 0.6) is 5.75 Å². The van der Waals surface area contributed by atoms with Gasteiger partial charge >= 0.3 is 4.34 Å². The Balaban J connectivity index is 1.44. The Hall–Kier alpha value is -2.36. The molecule has 2 aromatic carbocycles.